The van der Waals surface area contributed by atoms with Crippen molar-refractivity contribution in [2.45, 2.75) is 13.3 Å². The van der Waals surface area contributed by atoms with Crippen molar-refractivity contribution in [2.75, 3.05) is 36.4 Å². The van der Waals surface area contributed by atoms with E-state index in [4.69, 9.17) is 0 Å². The third kappa shape index (κ3) is 4.98. The van der Waals surface area contributed by atoms with Crippen LogP contribution in [0.5, 0.6) is 5.75 Å². The third-order valence-corrected chi connectivity index (χ3v) is 5.50. The molecule has 0 radical (unpaired) electrons. The van der Waals surface area contributed by atoms with Gasteiger partial charge in [-0.3, -0.25) is 9.89 Å². The molecule has 0 aliphatic carbocycles. The van der Waals surface area contributed by atoms with E-state index in [1.807, 2.05) is 36.2 Å². The first-order chi connectivity index (χ1) is 16.7. The lowest BCUT2D eigenvalue weighted by molar-refractivity contribution is -0.274. The van der Waals surface area contributed by atoms with Crippen molar-refractivity contribution in [3.63, 3.8) is 0 Å². The molecule has 3 aromatic heterocycles. The molecule has 0 unspecified atom stereocenters. The SMILES string of the molecule is Cc1cc(Nc2nc(N3CCN(C(=O)c4cccc(OC(F)(F)F)c4)CC3)nn3cccc23)n[nH]1. The van der Waals surface area contributed by atoms with Crippen molar-refractivity contribution >= 4 is 29.0 Å². The largest absolute Gasteiger partial charge is 0.573 e. The topological polar surface area (TPSA) is 104 Å². The van der Waals surface area contributed by atoms with Crippen LogP contribution in [0.4, 0.5) is 30.8 Å². The molecule has 0 bridgehead atoms. The van der Waals surface area contributed by atoms with Crippen molar-refractivity contribution < 1.29 is 22.7 Å². The average Bonchev–Trinajstić information content (AvgIpc) is 3.46. The van der Waals surface area contributed by atoms with Gasteiger partial charge >= 0.3 is 6.36 Å². The van der Waals surface area contributed by atoms with Gasteiger partial charge < -0.3 is 19.9 Å². The number of hydrogen-bond acceptors (Lipinski definition) is 7. The summed E-state index contributed by atoms with van der Waals surface area (Å²) in [5.41, 5.74) is 1.82. The second-order valence-electron chi connectivity index (χ2n) is 8.01. The summed E-state index contributed by atoms with van der Waals surface area (Å²) in [5, 5.41) is 14.9. The van der Waals surface area contributed by atoms with Crippen LogP contribution in [0.1, 0.15) is 16.1 Å². The summed E-state index contributed by atoms with van der Waals surface area (Å²) >= 11 is 0. The summed E-state index contributed by atoms with van der Waals surface area (Å²) in [7, 11) is 0. The molecule has 4 aromatic rings. The fourth-order valence-electron chi connectivity index (χ4n) is 3.87. The van der Waals surface area contributed by atoms with Gasteiger partial charge in [0.25, 0.3) is 5.91 Å². The highest BCUT2D eigenvalue weighted by atomic mass is 19.4. The molecule has 5 rings (SSSR count). The smallest absolute Gasteiger partial charge is 0.406 e. The van der Waals surface area contributed by atoms with Crippen LogP contribution in [0.3, 0.4) is 0 Å². The molecule has 4 heterocycles. The van der Waals surface area contributed by atoms with Crippen molar-refractivity contribution in [3.05, 3.63) is 59.9 Å². The van der Waals surface area contributed by atoms with E-state index in [-0.39, 0.29) is 11.5 Å². The number of ether oxygens (including phenoxy) is 1. The Kier molecular flexibility index (Phi) is 5.67. The number of fused-ring (bicyclic) bond motifs is 1. The highest BCUT2D eigenvalue weighted by Gasteiger charge is 2.31. The number of piperazine rings is 1. The Morgan fingerprint density at radius 2 is 1.91 bits per heavy atom. The monoisotopic (exact) mass is 486 g/mol. The molecule has 1 fully saturated rings. The minimum atomic E-state index is -4.82. The van der Waals surface area contributed by atoms with Crippen molar-refractivity contribution in [1.29, 1.82) is 0 Å². The van der Waals surface area contributed by atoms with Gasteiger partial charge in [0.2, 0.25) is 5.95 Å². The van der Waals surface area contributed by atoms with Gasteiger partial charge in [-0.25, -0.2) is 4.52 Å². The van der Waals surface area contributed by atoms with E-state index in [9.17, 15) is 18.0 Å². The van der Waals surface area contributed by atoms with Crippen molar-refractivity contribution in [3.8, 4) is 5.75 Å². The van der Waals surface area contributed by atoms with Gasteiger partial charge in [0, 0.05) is 49.7 Å². The molecular weight excluding hydrogens is 465 g/mol. The van der Waals surface area contributed by atoms with E-state index in [0.717, 1.165) is 23.3 Å². The molecule has 10 nitrogen and oxygen atoms in total. The lowest BCUT2D eigenvalue weighted by Gasteiger charge is -2.34. The standard InChI is InChI=1S/C22H21F3N8O2/c1-14-12-18(29-28-14)26-19-17-6-3-7-33(17)30-21(27-19)32-10-8-31(9-11-32)20(34)15-4-2-5-16(13-15)35-22(23,24)25/h2-7,12-13H,8-11H2,1H3,(H2,26,27,28,29,30). The number of aromatic amines is 1. The molecule has 0 atom stereocenters. The quantitative estimate of drug-likeness (QED) is 0.446. The van der Waals surface area contributed by atoms with Crippen LogP contribution in [0.2, 0.25) is 0 Å². The van der Waals surface area contributed by atoms with Crippen LogP contribution in [-0.2, 0) is 0 Å². The number of nitrogens with zero attached hydrogens (tertiary/aromatic N) is 6. The molecule has 1 aliphatic rings. The highest BCUT2D eigenvalue weighted by molar-refractivity contribution is 5.94. The van der Waals surface area contributed by atoms with E-state index in [2.05, 4.69) is 30.3 Å². The van der Waals surface area contributed by atoms with Crippen molar-refractivity contribution in [1.82, 2.24) is 29.7 Å². The van der Waals surface area contributed by atoms with Gasteiger partial charge in [-0.2, -0.15) is 10.1 Å². The molecule has 0 saturated carbocycles. The Bertz CT molecular complexity index is 1360. The van der Waals surface area contributed by atoms with E-state index in [0.29, 0.717) is 43.8 Å². The Hall–Kier alpha value is -4.29. The summed E-state index contributed by atoms with van der Waals surface area (Å²) in [6.45, 7) is 3.53. The summed E-state index contributed by atoms with van der Waals surface area (Å²) in [5.74, 6) is 0.905. The van der Waals surface area contributed by atoms with E-state index in [1.54, 1.807) is 9.42 Å². The zero-order valence-electron chi connectivity index (χ0n) is 18.6. The van der Waals surface area contributed by atoms with Crippen LogP contribution < -0.4 is 15.0 Å². The van der Waals surface area contributed by atoms with Crippen LogP contribution in [0, 0.1) is 6.92 Å². The number of nitrogens with one attached hydrogen (secondary N) is 2. The van der Waals surface area contributed by atoms with Crippen LogP contribution >= 0.6 is 0 Å². The number of rotatable bonds is 5. The molecule has 0 spiro atoms. The second kappa shape index (κ2) is 8.81. The van der Waals surface area contributed by atoms with Gasteiger partial charge in [-0.05, 0) is 37.3 Å². The fraction of sp³-hybridized carbons (Fsp3) is 0.273. The minimum absolute atomic E-state index is 0.131. The summed E-state index contributed by atoms with van der Waals surface area (Å²) in [6, 6.07) is 10.7. The third-order valence-electron chi connectivity index (χ3n) is 5.50. The lowest BCUT2D eigenvalue weighted by Crippen LogP contribution is -2.49. The number of carbonyl (C=O) groups is 1. The molecule has 1 aliphatic heterocycles. The molecular formula is C22H21F3N8O2. The molecule has 1 aromatic carbocycles. The molecule has 13 heteroatoms. The van der Waals surface area contributed by atoms with Crippen molar-refractivity contribution in [2.24, 2.45) is 0 Å². The first kappa shape index (κ1) is 22.5. The first-order valence-electron chi connectivity index (χ1n) is 10.8. The van der Waals surface area contributed by atoms with Gasteiger partial charge in [-0.15, -0.1) is 18.3 Å². The van der Waals surface area contributed by atoms with Gasteiger partial charge in [-0.1, -0.05) is 6.07 Å². The average molecular weight is 486 g/mol. The highest BCUT2D eigenvalue weighted by Crippen LogP contribution is 2.25. The van der Waals surface area contributed by atoms with E-state index in [1.165, 1.54) is 12.1 Å². The summed E-state index contributed by atoms with van der Waals surface area (Å²) in [6.07, 6.45) is -3.00. The Balaban J connectivity index is 1.29. The molecule has 1 amide bonds. The molecule has 1 saturated heterocycles. The fourth-order valence-corrected chi connectivity index (χ4v) is 3.87. The predicted octanol–water partition coefficient (Wildman–Crippen LogP) is 3.37. The predicted molar refractivity (Wildman–Crippen MR) is 121 cm³/mol. The number of aromatic nitrogens is 5. The van der Waals surface area contributed by atoms with E-state index < -0.39 is 12.1 Å². The number of aryl methyl sites for hydroxylation is 1. The summed E-state index contributed by atoms with van der Waals surface area (Å²) < 4.78 is 43.2. The Labute approximate surface area is 197 Å². The Morgan fingerprint density at radius 3 is 2.63 bits per heavy atom. The van der Waals surface area contributed by atoms with Gasteiger partial charge in [0.05, 0.1) is 0 Å². The van der Waals surface area contributed by atoms with Crippen LogP contribution in [0.25, 0.3) is 5.52 Å². The lowest BCUT2D eigenvalue weighted by atomic mass is 10.1. The van der Waals surface area contributed by atoms with Crippen LogP contribution in [-0.4, -0.2) is 68.1 Å². The van der Waals surface area contributed by atoms with E-state index >= 15 is 0 Å². The van der Waals surface area contributed by atoms with Gasteiger partial charge in [0.15, 0.2) is 11.6 Å². The molecule has 2 N–H and O–H groups in total. The maximum Gasteiger partial charge on any atom is 0.573 e. The summed E-state index contributed by atoms with van der Waals surface area (Å²) in [4.78, 5) is 21.1. The maximum atomic E-state index is 12.9. The normalized spacial score (nSPS) is 14.4. The molecule has 182 valence electrons. The maximum absolute atomic E-state index is 12.9. The number of hydrogen-bond donors (Lipinski definition) is 2. The first-order valence-corrected chi connectivity index (χ1v) is 10.8. The zero-order valence-corrected chi connectivity index (χ0v) is 18.6. The number of benzene rings is 1. The molecule has 35 heavy (non-hydrogen) atoms. The number of carbonyl (C=O) groups excluding carboxylic acids is 1. The number of anilines is 3. The second-order valence-corrected chi connectivity index (χ2v) is 8.01. The number of amides is 1. The zero-order chi connectivity index (χ0) is 24.6. The number of alkyl halides is 3. The van der Waals surface area contributed by atoms with Gasteiger partial charge in [0.1, 0.15) is 11.3 Å². The van der Waals surface area contributed by atoms with Crippen LogP contribution in [0.15, 0.2) is 48.7 Å². The number of halogens is 3. The number of H-pyrrole nitrogens is 1. The minimum Gasteiger partial charge on any atom is -0.406 e. The Morgan fingerprint density at radius 1 is 1.11 bits per heavy atom.